The van der Waals surface area contributed by atoms with Crippen LogP contribution in [0.1, 0.15) is 182 Å². The summed E-state index contributed by atoms with van der Waals surface area (Å²) >= 11 is 0. The van der Waals surface area contributed by atoms with E-state index in [2.05, 4.69) is 27.7 Å². The van der Waals surface area contributed by atoms with Crippen molar-refractivity contribution in [3.8, 4) is 0 Å². The SMILES string of the molecule is CCCCCCCCCCCCCCC(CCCCCCCCCC)CC(C)CC. The fourth-order valence-corrected chi connectivity index (χ4v) is 4.96. The van der Waals surface area contributed by atoms with E-state index < -0.39 is 0 Å². The molecule has 0 rings (SSSR count). The quantitative estimate of drug-likeness (QED) is 0.128. The molecule has 0 heteroatoms. The molecule has 0 nitrogen and oxygen atoms in total. The molecule has 0 saturated heterocycles. The van der Waals surface area contributed by atoms with Crippen LogP contribution in [0.2, 0.25) is 0 Å². The van der Waals surface area contributed by atoms with E-state index in [0.717, 1.165) is 11.8 Å². The van der Waals surface area contributed by atoms with Crippen molar-refractivity contribution in [1.82, 2.24) is 0 Å². The van der Waals surface area contributed by atoms with E-state index >= 15 is 0 Å². The molecule has 0 saturated carbocycles. The van der Waals surface area contributed by atoms with Crippen molar-refractivity contribution in [2.75, 3.05) is 0 Å². The molecule has 0 aliphatic rings. The van der Waals surface area contributed by atoms with Crippen LogP contribution in [0, 0.1) is 11.8 Å². The van der Waals surface area contributed by atoms with Crippen LogP contribution in [0.3, 0.4) is 0 Å². The van der Waals surface area contributed by atoms with Gasteiger partial charge in [-0.05, 0) is 18.3 Å². The standard InChI is InChI=1S/C30H62/c1-5-8-10-12-14-16-17-18-19-21-23-25-27-30(28-29(4)7-3)26-24-22-20-15-13-11-9-6-2/h29-30H,5-28H2,1-4H3. The molecule has 2 unspecified atom stereocenters. The Morgan fingerprint density at radius 1 is 0.400 bits per heavy atom. The van der Waals surface area contributed by atoms with Crippen LogP contribution >= 0.6 is 0 Å². The summed E-state index contributed by atoms with van der Waals surface area (Å²) in [7, 11) is 0. The molecule has 0 aromatic heterocycles. The topological polar surface area (TPSA) is 0 Å². The van der Waals surface area contributed by atoms with Crippen molar-refractivity contribution < 1.29 is 0 Å². The summed E-state index contributed by atoms with van der Waals surface area (Å²) in [6.45, 7) is 9.47. The third-order valence-corrected chi connectivity index (χ3v) is 7.36. The maximum absolute atomic E-state index is 2.48. The van der Waals surface area contributed by atoms with Crippen LogP contribution in [0.15, 0.2) is 0 Å². The van der Waals surface area contributed by atoms with Gasteiger partial charge >= 0.3 is 0 Å². The predicted octanol–water partition coefficient (Wildman–Crippen LogP) is 11.7. The molecule has 0 spiro atoms. The second-order valence-corrected chi connectivity index (χ2v) is 10.6. The van der Waals surface area contributed by atoms with E-state index in [-0.39, 0.29) is 0 Å². The molecule has 0 aliphatic heterocycles. The predicted molar refractivity (Wildman–Crippen MR) is 140 cm³/mol. The molecule has 30 heavy (non-hydrogen) atoms. The Morgan fingerprint density at radius 2 is 0.700 bits per heavy atom. The van der Waals surface area contributed by atoms with Gasteiger partial charge in [0.25, 0.3) is 0 Å². The molecule has 0 heterocycles. The molecular weight excluding hydrogens is 360 g/mol. The highest BCUT2D eigenvalue weighted by Crippen LogP contribution is 2.26. The summed E-state index contributed by atoms with van der Waals surface area (Å²) in [5.74, 6) is 1.95. The minimum atomic E-state index is 0.932. The average molecular weight is 423 g/mol. The molecule has 0 bridgehead atoms. The third kappa shape index (κ3) is 22.7. The van der Waals surface area contributed by atoms with Crippen molar-refractivity contribution in [1.29, 1.82) is 0 Å². The summed E-state index contributed by atoms with van der Waals surface area (Å²) in [6.07, 6.45) is 35.2. The number of hydrogen-bond acceptors (Lipinski definition) is 0. The first-order chi connectivity index (χ1) is 14.7. The van der Waals surface area contributed by atoms with Crippen molar-refractivity contribution in [2.24, 2.45) is 11.8 Å². The first-order valence-corrected chi connectivity index (χ1v) is 14.7. The second kappa shape index (κ2) is 25.3. The van der Waals surface area contributed by atoms with Gasteiger partial charge in [0, 0.05) is 0 Å². The monoisotopic (exact) mass is 422 g/mol. The molecule has 0 fully saturated rings. The van der Waals surface area contributed by atoms with Gasteiger partial charge in [-0.15, -0.1) is 0 Å². The Kier molecular flexibility index (Phi) is 25.3. The Labute approximate surface area is 193 Å². The molecule has 0 aromatic rings. The minimum Gasteiger partial charge on any atom is -0.0654 e. The van der Waals surface area contributed by atoms with Crippen molar-refractivity contribution >= 4 is 0 Å². The van der Waals surface area contributed by atoms with Gasteiger partial charge in [0.1, 0.15) is 0 Å². The minimum absolute atomic E-state index is 0.932. The molecular formula is C30H62. The Hall–Kier alpha value is 0. The van der Waals surface area contributed by atoms with Crippen LogP contribution in [-0.2, 0) is 0 Å². The zero-order valence-electron chi connectivity index (χ0n) is 22.1. The fourth-order valence-electron chi connectivity index (χ4n) is 4.96. The van der Waals surface area contributed by atoms with Crippen LogP contribution in [0.5, 0.6) is 0 Å². The largest absolute Gasteiger partial charge is 0.0654 e. The van der Waals surface area contributed by atoms with Crippen LogP contribution < -0.4 is 0 Å². The van der Waals surface area contributed by atoms with Gasteiger partial charge in [0.05, 0.1) is 0 Å². The van der Waals surface area contributed by atoms with Gasteiger partial charge < -0.3 is 0 Å². The Bertz CT molecular complexity index is 294. The van der Waals surface area contributed by atoms with E-state index in [4.69, 9.17) is 0 Å². The van der Waals surface area contributed by atoms with Crippen LogP contribution in [-0.4, -0.2) is 0 Å². The molecule has 2 atom stereocenters. The maximum atomic E-state index is 2.48. The first-order valence-electron chi connectivity index (χ1n) is 14.7. The van der Waals surface area contributed by atoms with Gasteiger partial charge in [-0.2, -0.15) is 0 Å². The number of hydrogen-bond donors (Lipinski definition) is 0. The van der Waals surface area contributed by atoms with Gasteiger partial charge in [0.2, 0.25) is 0 Å². The van der Waals surface area contributed by atoms with Gasteiger partial charge in [-0.25, -0.2) is 0 Å². The van der Waals surface area contributed by atoms with E-state index in [1.54, 1.807) is 0 Å². The molecule has 0 radical (unpaired) electrons. The van der Waals surface area contributed by atoms with Crippen molar-refractivity contribution in [2.45, 2.75) is 182 Å². The molecule has 0 aromatic carbocycles. The van der Waals surface area contributed by atoms with Crippen LogP contribution in [0.4, 0.5) is 0 Å². The average Bonchev–Trinajstić information content (AvgIpc) is 2.75. The zero-order chi connectivity index (χ0) is 22.1. The van der Waals surface area contributed by atoms with Crippen molar-refractivity contribution in [3.05, 3.63) is 0 Å². The highest BCUT2D eigenvalue weighted by molar-refractivity contribution is 4.65. The summed E-state index contributed by atoms with van der Waals surface area (Å²) in [5, 5.41) is 0. The van der Waals surface area contributed by atoms with E-state index in [0.29, 0.717) is 0 Å². The Balaban J connectivity index is 3.63. The number of rotatable bonds is 25. The lowest BCUT2D eigenvalue weighted by atomic mass is 9.86. The summed E-state index contributed by atoms with van der Waals surface area (Å²) in [6, 6.07) is 0. The van der Waals surface area contributed by atoms with E-state index in [1.165, 1.54) is 154 Å². The fraction of sp³-hybridized carbons (Fsp3) is 1.00. The number of unbranched alkanes of at least 4 members (excludes halogenated alkanes) is 18. The summed E-state index contributed by atoms with van der Waals surface area (Å²) in [5.41, 5.74) is 0. The molecule has 0 amide bonds. The van der Waals surface area contributed by atoms with Gasteiger partial charge in [-0.1, -0.05) is 175 Å². The second-order valence-electron chi connectivity index (χ2n) is 10.6. The highest BCUT2D eigenvalue weighted by atomic mass is 14.2. The smallest absolute Gasteiger partial charge is 0.0412 e. The first kappa shape index (κ1) is 30.0. The van der Waals surface area contributed by atoms with Gasteiger partial charge in [0.15, 0.2) is 0 Å². The normalized spacial score (nSPS) is 13.6. The molecule has 0 aliphatic carbocycles. The van der Waals surface area contributed by atoms with E-state index in [1.807, 2.05) is 0 Å². The molecule has 182 valence electrons. The highest BCUT2D eigenvalue weighted by Gasteiger charge is 2.12. The van der Waals surface area contributed by atoms with Crippen molar-refractivity contribution in [3.63, 3.8) is 0 Å². The third-order valence-electron chi connectivity index (χ3n) is 7.36. The zero-order valence-corrected chi connectivity index (χ0v) is 22.1. The maximum Gasteiger partial charge on any atom is -0.0412 e. The lowest BCUT2D eigenvalue weighted by Crippen LogP contribution is -2.07. The lowest BCUT2D eigenvalue weighted by molar-refractivity contribution is 0.323. The summed E-state index contributed by atoms with van der Waals surface area (Å²) in [4.78, 5) is 0. The van der Waals surface area contributed by atoms with Crippen LogP contribution in [0.25, 0.3) is 0 Å². The van der Waals surface area contributed by atoms with Gasteiger partial charge in [-0.3, -0.25) is 0 Å². The summed E-state index contributed by atoms with van der Waals surface area (Å²) < 4.78 is 0. The lowest BCUT2D eigenvalue weighted by Gasteiger charge is -2.20. The Morgan fingerprint density at radius 3 is 1.00 bits per heavy atom. The van der Waals surface area contributed by atoms with E-state index in [9.17, 15) is 0 Å². The molecule has 0 N–H and O–H groups in total.